The first-order valence-corrected chi connectivity index (χ1v) is 18.8. The lowest BCUT2D eigenvalue weighted by atomic mass is 9.92. The summed E-state index contributed by atoms with van der Waals surface area (Å²) in [6.45, 7) is 5.77. The van der Waals surface area contributed by atoms with Crippen LogP contribution in [0.15, 0.2) is 90.3 Å². The van der Waals surface area contributed by atoms with Crippen molar-refractivity contribution in [2.24, 2.45) is 5.92 Å². The molecule has 12 nitrogen and oxygen atoms in total. The third kappa shape index (κ3) is 8.45. The minimum atomic E-state index is -4.01. The molecule has 1 saturated heterocycles. The zero-order valence-corrected chi connectivity index (χ0v) is 30.0. The quantitative estimate of drug-likeness (QED) is 0.183. The number of carbonyl (C=O) groups excluding carboxylic acids is 2. The highest BCUT2D eigenvalue weighted by atomic mass is 32.2. The van der Waals surface area contributed by atoms with Crippen molar-refractivity contribution >= 4 is 32.6 Å². The van der Waals surface area contributed by atoms with Crippen LogP contribution in [-0.4, -0.2) is 99.6 Å². The van der Waals surface area contributed by atoms with Gasteiger partial charge in [-0.3, -0.25) is 24.5 Å². The molecular formula is C38H46N6O6S. The molecule has 0 saturated carbocycles. The van der Waals surface area contributed by atoms with E-state index in [2.05, 4.69) is 20.6 Å². The predicted molar refractivity (Wildman–Crippen MR) is 193 cm³/mol. The number of piperazine rings is 1. The molecule has 4 aromatic rings. The first-order valence-electron chi connectivity index (χ1n) is 17.3. The van der Waals surface area contributed by atoms with Crippen LogP contribution in [0.4, 0.5) is 0 Å². The highest BCUT2D eigenvalue weighted by Gasteiger charge is 2.40. The van der Waals surface area contributed by atoms with Crippen LogP contribution in [-0.2, 0) is 32.5 Å². The summed E-state index contributed by atoms with van der Waals surface area (Å²) in [5, 5.41) is 29.7. The summed E-state index contributed by atoms with van der Waals surface area (Å²) < 4.78 is 29.4. The fourth-order valence-corrected chi connectivity index (χ4v) is 8.80. The van der Waals surface area contributed by atoms with Crippen LogP contribution in [0, 0.1) is 5.92 Å². The van der Waals surface area contributed by atoms with E-state index in [-0.39, 0.29) is 49.3 Å². The molecule has 3 heterocycles. The molecule has 2 aromatic carbocycles. The summed E-state index contributed by atoms with van der Waals surface area (Å²) >= 11 is 0. The molecule has 0 radical (unpaired) electrons. The van der Waals surface area contributed by atoms with Crippen LogP contribution in [0.5, 0.6) is 0 Å². The van der Waals surface area contributed by atoms with Gasteiger partial charge in [-0.15, -0.1) is 0 Å². The molecule has 4 N–H and O–H groups in total. The number of nitrogens with one attached hydrogen (secondary N) is 2. The number of amides is 2. The maximum Gasteiger partial charge on any atom is 0.243 e. The molecule has 0 unspecified atom stereocenters. The lowest BCUT2D eigenvalue weighted by Crippen LogP contribution is -2.62. The first kappa shape index (κ1) is 36.5. The molecule has 2 amide bonds. The second-order valence-electron chi connectivity index (χ2n) is 14.6. The van der Waals surface area contributed by atoms with Gasteiger partial charge in [-0.05, 0) is 73.9 Å². The van der Waals surface area contributed by atoms with E-state index in [0.29, 0.717) is 18.2 Å². The molecule has 1 aliphatic carbocycles. The van der Waals surface area contributed by atoms with E-state index in [9.17, 15) is 28.2 Å². The van der Waals surface area contributed by atoms with Crippen LogP contribution < -0.4 is 10.6 Å². The average molecular weight is 715 g/mol. The number of aliphatic hydroxyl groups excluding tert-OH is 2. The second kappa shape index (κ2) is 15.1. The molecular weight excluding hydrogens is 669 g/mol. The minimum absolute atomic E-state index is 0.0417. The summed E-state index contributed by atoms with van der Waals surface area (Å²) in [5.74, 6) is -1.33. The summed E-state index contributed by atoms with van der Waals surface area (Å²) in [4.78, 5) is 37.9. The van der Waals surface area contributed by atoms with Crippen molar-refractivity contribution in [1.82, 2.24) is 29.8 Å². The van der Waals surface area contributed by atoms with Crippen LogP contribution in [0.25, 0.3) is 10.8 Å². The number of sulfonamides is 1. The van der Waals surface area contributed by atoms with Crippen molar-refractivity contribution in [3.63, 3.8) is 0 Å². The number of benzene rings is 2. The van der Waals surface area contributed by atoms with Crippen molar-refractivity contribution < 1.29 is 28.2 Å². The van der Waals surface area contributed by atoms with Crippen LogP contribution in [0.1, 0.15) is 49.9 Å². The summed E-state index contributed by atoms with van der Waals surface area (Å²) in [6.07, 6.45) is 5.49. The molecule has 0 spiro atoms. The standard InChI is InChI=1S/C38H46N6O6S/c1-38(2,3)42-37(48)32-24-44(51(49,50)34-12-6-10-26-13-15-40-22-31(26)34)17-16-43(32)23-29(45)19-28(18-25-8-7-14-39-21-25)36(47)41-35-30-11-5-4-9-27(30)20-33(35)46/h4-15,21-22,28-29,32-33,35,45-46H,16-20,23-24H2,1-3H3,(H,41,47)(H,42,48)/t28-,29+,32+,33-,35+/m1/s1. The molecule has 1 fully saturated rings. The number of aliphatic hydroxyl groups is 2. The third-order valence-corrected chi connectivity index (χ3v) is 11.5. The SMILES string of the molecule is CC(C)(C)NC(=O)[C@@H]1CN(S(=O)(=O)c2cccc3ccncc23)CCN1C[C@@H](O)C[C@@H](Cc1cccnc1)C(=O)N[C@H]1c2ccccc2C[C@H]1O. The fraction of sp³-hybridized carbons (Fsp3) is 0.421. The number of fused-ring (bicyclic) bond motifs is 2. The number of aromatic nitrogens is 2. The van der Waals surface area contributed by atoms with Gasteiger partial charge < -0.3 is 20.8 Å². The van der Waals surface area contributed by atoms with Crippen molar-refractivity contribution in [3.05, 3.63) is 102 Å². The number of hydrogen-bond donors (Lipinski definition) is 4. The van der Waals surface area contributed by atoms with Gasteiger partial charge in [0.05, 0.1) is 23.1 Å². The van der Waals surface area contributed by atoms with Crippen molar-refractivity contribution in [2.45, 2.75) is 74.8 Å². The van der Waals surface area contributed by atoms with Gasteiger partial charge in [-0.2, -0.15) is 4.31 Å². The molecule has 2 aromatic heterocycles. The van der Waals surface area contributed by atoms with Crippen molar-refractivity contribution in [1.29, 1.82) is 0 Å². The van der Waals surface area contributed by atoms with Crippen molar-refractivity contribution in [3.8, 4) is 0 Å². The van der Waals surface area contributed by atoms with E-state index >= 15 is 0 Å². The highest BCUT2D eigenvalue weighted by Crippen LogP contribution is 2.32. The molecule has 1 aliphatic heterocycles. The topological polar surface area (TPSA) is 165 Å². The Morgan fingerprint density at radius 1 is 0.980 bits per heavy atom. The maximum absolute atomic E-state index is 14.1. The Kier molecular flexibility index (Phi) is 10.8. The number of rotatable bonds is 11. The summed E-state index contributed by atoms with van der Waals surface area (Å²) in [6, 6.07) is 16.6. The van der Waals surface area contributed by atoms with Gasteiger partial charge >= 0.3 is 0 Å². The summed E-state index contributed by atoms with van der Waals surface area (Å²) in [5.41, 5.74) is 2.10. The van der Waals surface area contributed by atoms with Gasteiger partial charge in [-0.25, -0.2) is 8.42 Å². The van der Waals surface area contributed by atoms with Crippen molar-refractivity contribution in [2.75, 3.05) is 26.2 Å². The molecule has 6 rings (SSSR count). The molecule has 51 heavy (non-hydrogen) atoms. The van der Waals surface area contributed by atoms with Gasteiger partial charge in [0, 0.05) is 74.2 Å². The Bertz CT molecular complexity index is 1970. The molecule has 270 valence electrons. The molecule has 13 heteroatoms. The Balaban J connectivity index is 1.21. The Morgan fingerprint density at radius 2 is 1.76 bits per heavy atom. The normalized spacial score (nSPS) is 21.2. The minimum Gasteiger partial charge on any atom is -0.392 e. The Labute approximate surface area is 299 Å². The van der Waals surface area contributed by atoms with Gasteiger partial charge in [0.2, 0.25) is 21.8 Å². The Morgan fingerprint density at radius 3 is 2.53 bits per heavy atom. The number of β-amino-alcohol motifs (C(OH)–C–C–N with tert-alkyl or cyclic N) is 1. The summed E-state index contributed by atoms with van der Waals surface area (Å²) in [7, 11) is -4.01. The molecule has 0 bridgehead atoms. The van der Waals surface area contributed by atoms with Crippen LogP contribution in [0.3, 0.4) is 0 Å². The van der Waals surface area contributed by atoms with Crippen LogP contribution in [0.2, 0.25) is 0 Å². The number of pyridine rings is 2. The van der Waals surface area contributed by atoms with Gasteiger partial charge in [0.15, 0.2) is 0 Å². The maximum atomic E-state index is 14.1. The smallest absolute Gasteiger partial charge is 0.243 e. The van der Waals surface area contributed by atoms with Crippen LogP contribution >= 0.6 is 0 Å². The fourth-order valence-electron chi connectivity index (χ4n) is 7.16. The third-order valence-electron chi connectivity index (χ3n) is 9.60. The van der Waals surface area contributed by atoms with E-state index in [1.807, 2.05) is 57.2 Å². The van der Waals surface area contributed by atoms with E-state index < -0.39 is 45.8 Å². The second-order valence-corrected chi connectivity index (χ2v) is 16.5. The zero-order chi connectivity index (χ0) is 36.3. The zero-order valence-electron chi connectivity index (χ0n) is 29.1. The number of hydrogen-bond acceptors (Lipinski definition) is 9. The predicted octanol–water partition coefficient (Wildman–Crippen LogP) is 2.60. The average Bonchev–Trinajstić information content (AvgIpc) is 3.41. The first-order chi connectivity index (χ1) is 24.3. The van der Waals surface area contributed by atoms with E-state index in [0.717, 1.165) is 22.1 Å². The lowest BCUT2D eigenvalue weighted by Gasteiger charge is -2.41. The number of carbonyl (C=O) groups is 2. The Hall–Kier alpha value is -4.27. The van der Waals surface area contributed by atoms with Gasteiger partial charge in [0.25, 0.3) is 0 Å². The highest BCUT2D eigenvalue weighted by molar-refractivity contribution is 7.89. The number of nitrogens with zero attached hydrogens (tertiary/aromatic N) is 4. The van der Waals surface area contributed by atoms with E-state index in [4.69, 9.17) is 0 Å². The van der Waals surface area contributed by atoms with Gasteiger partial charge in [0.1, 0.15) is 6.04 Å². The van der Waals surface area contributed by atoms with E-state index in [1.54, 1.807) is 47.8 Å². The molecule has 2 aliphatic rings. The van der Waals surface area contributed by atoms with Gasteiger partial charge in [-0.1, -0.05) is 42.5 Å². The van der Waals surface area contributed by atoms with E-state index in [1.165, 1.54) is 10.5 Å². The monoisotopic (exact) mass is 714 g/mol. The molecule has 5 atom stereocenters. The largest absolute Gasteiger partial charge is 0.392 e. The lowest BCUT2D eigenvalue weighted by molar-refractivity contribution is -0.131.